The van der Waals surface area contributed by atoms with Gasteiger partial charge in [0.2, 0.25) is 5.91 Å². The largest absolute Gasteiger partial charge is 0.478 e. The third-order valence-electron chi connectivity index (χ3n) is 2.12. The SMILES string of the molecule is CC(C)OC(=O)c1ccccc1NC(=O)/C=C\C(=O)O. The molecule has 1 aromatic carbocycles. The second kappa shape index (κ2) is 7.08. The Balaban J connectivity index is 2.88. The third-order valence-corrected chi connectivity index (χ3v) is 2.12. The smallest absolute Gasteiger partial charge is 0.340 e. The molecule has 0 aliphatic heterocycles. The molecule has 20 heavy (non-hydrogen) atoms. The van der Waals surface area contributed by atoms with E-state index in [2.05, 4.69) is 5.32 Å². The molecule has 0 saturated carbocycles. The fraction of sp³-hybridized carbons (Fsp3) is 0.214. The number of hydrogen-bond acceptors (Lipinski definition) is 4. The molecule has 1 aromatic rings. The van der Waals surface area contributed by atoms with Crippen LogP contribution in [0.25, 0.3) is 0 Å². The zero-order valence-corrected chi connectivity index (χ0v) is 11.1. The van der Waals surface area contributed by atoms with E-state index in [0.717, 1.165) is 6.08 Å². The average Bonchev–Trinajstić information content (AvgIpc) is 2.36. The van der Waals surface area contributed by atoms with Crippen molar-refractivity contribution in [3.63, 3.8) is 0 Å². The lowest BCUT2D eigenvalue weighted by Gasteiger charge is -2.11. The minimum Gasteiger partial charge on any atom is -0.478 e. The van der Waals surface area contributed by atoms with Gasteiger partial charge >= 0.3 is 11.9 Å². The Bertz CT molecular complexity index is 548. The number of benzene rings is 1. The minimum atomic E-state index is -1.23. The second-order valence-corrected chi connectivity index (χ2v) is 4.16. The number of carboxylic acids is 1. The number of ether oxygens (including phenoxy) is 1. The van der Waals surface area contributed by atoms with Gasteiger partial charge in [0.25, 0.3) is 0 Å². The van der Waals surface area contributed by atoms with Crippen molar-refractivity contribution in [1.29, 1.82) is 0 Å². The normalized spacial score (nSPS) is 10.6. The van der Waals surface area contributed by atoms with Crippen LogP contribution < -0.4 is 5.32 Å². The fourth-order valence-corrected chi connectivity index (χ4v) is 1.37. The maximum Gasteiger partial charge on any atom is 0.340 e. The number of para-hydroxylation sites is 1. The van der Waals surface area contributed by atoms with Crippen LogP contribution in [-0.2, 0) is 14.3 Å². The van der Waals surface area contributed by atoms with Crippen molar-refractivity contribution in [2.45, 2.75) is 20.0 Å². The Morgan fingerprint density at radius 3 is 2.45 bits per heavy atom. The van der Waals surface area contributed by atoms with Crippen molar-refractivity contribution < 1.29 is 24.2 Å². The van der Waals surface area contributed by atoms with E-state index in [1.165, 1.54) is 12.1 Å². The Morgan fingerprint density at radius 2 is 1.85 bits per heavy atom. The predicted octanol–water partition coefficient (Wildman–Crippen LogP) is 1.83. The van der Waals surface area contributed by atoms with Gasteiger partial charge in [-0.05, 0) is 26.0 Å². The van der Waals surface area contributed by atoms with Gasteiger partial charge in [0, 0.05) is 12.2 Å². The van der Waals surface area contributed by atoms with Gasteiger partial charge < -0.3 is 15.2 Å². The summed E-state index contributed by atoms with van der Waals surface area (Å²) in [6, 6.07) is 6.33. The molecule has 2 N–H and O–H groups in total. The van der Waals surface area contributed by atoms with Crippen molar-refractivity contribution in [3.8, 4) is 0 Å². The number of carboxylic acid groups (broad SMARTS) is 1. The number of rotatable bonds is 5. The van der Waals surface area contributed by atoms with E-state index in [4.69, 9.17) is 9.84 Å². The van der Waals surface area contributed by atoms with Gasteiger partial charge in [-0.25, -0.2) is 9.59 Å². The van der Waals surface area contributed by atoms with E-state index in [-0.39, 0.29) is 17.4 Å². The predicted molar refractivity (Wildman–Crippen MR) is 72.4 cm³/mol. The van der Waals surface area contributed by atoms with E-state index >= 15 is 0 Å². The van der Waals surface area contributed by atoms with Gasteiger partial charge in [-0.1, -0.05) is 12.1 Å². The number of anilines is 1. The molecule has 6 heteroatoms. The Labute approximate surface area is 116 Å². The van der Waals surface area contributed by atoms with Crippen LogP contribution in [0.15, 0.2) is 36.4 Å². The summed E-state index contributed by atoms with van der Waals surface area (Å²) in [7, 11) is 0. The van der Waals surface area contributed by atoms with E-state index in [1.807, 2.05) is 0 Å². The van der Waals surface area contributed by atoms with Gasteiger partial charge in [0.1, 0.15) is 0 Å². The number of carbonyl (C=O) groups is 3. The van der Waals surface area contributed by atoms with Crippen LogP contribution >= 0.6 is 0 Å². The van der Waals surface area contributed by atoms with Crippen molar-refractivity contribution in [2.75, 3.05) is 5.32 Å². The van der Waals surface area contributed by atoms with Gasteiger partial charge in [-0.15, -0.1) is 0 Å². The van der Waals surface area contributed by atoms with Crippen LogP contribution in [0.3, 0.4) is 0 Å². The molecule has 6 nitrogen and oxygen atoms in total. The number of carbonyl (C=O) groups excluding carboxylic acids is 2. The van der Waals surface area contributed by atoms with Gasteiger partial charge in [-0.3, -0.25) is 4.79 Å². The van der Waals surface area contributed by atoms with Crippen LogP contribution in [-0.4, -0.2) is 29.1 Å². The zero-order valence-electron chi connectivity index (χ0n) is 11.1. The minimum absolute atomic E-state index is 0.207. The first-order valence-corrected chi connectivity index (χ1v) is 5.92. The van der Waals surface area contributed by atoms with Crippen LogP contribution in [0, 0.1) is 0 Å². The molecule has 0 bridgehead atoms. The zero-order chi connectivity index (χ0) is 15.1. The molecule has 0 aliphatic rings. The monoisotopic (exact) mass is 277 g/mol. The molecule has 0 fully saturated rings. The quantitative estimate of drug-likeness (QED) is 0.632. The van der Waals surface area contributed by atoms with E-state index < -0.39 is 17.8 Å². The Kier molecular flexibility index (Phi) is 5.46. The highest BCUT2D eigenvalue weighted by Gasteiger charge is 2.14. The second-order valence-electron chi connectivity index (χ2n) is 4.16. The molecule has 106 valence electrons. The summed E-state index contributed by atoms with van der Waals surface area (Å²) in [6.45, 7) is 3.43. The molecule has 0 aliphatic carbocycles. The van der Waals surface area contributed by atoms with Crippen LogP contribution in [0.5, 0.6) is 0 Å². The standard InChI is InChI=1S/C14H15NO5/c1-9(2)20-14(19)10-5-3-4-6-11(10)15-12(16)7-8-13(17)18/h3-9H,1-2H3,(H,15,16)(H,17,18)/b8-7-. The molecular formula is C14H15NO5. The summed E-state index contributed by atoms with van der Waals surface area (Å²) >= 11 is 0. The Hall–Kier alpha value is -2.63. The summed E-state index contributed by atoms with van der Waals surface area (Å²) in [5.74, 6) is -2.43. The Morgan fingerprint density at radius 1 is 1.20 bits per heavy atom. The summed E-state index contributed by atoms with van der Waals surface area (Å²) in [5, 5.41) is 10.9. The lowest BCUT2D eigenvalue weighted by molar-refractivity contribution is -0.131. The number of aliphatic carboxylic acids is 1. The molecule has 0 unspecified atom stereocenters. The fourth-order valence-electron chi connectivity index (χ4n) is 1.37. The maximum atomic E-state index is 11.8. The molecular weight excluding hydrogens is 262 g/mol. The highest BCUT2D eigenvalue weighted by atomic mass is 16.5. The maximum absolute atomic E-state index is 11.8. The van der Waals surface area contributed by atoms with Crippen molar-refractivity contribution in [3.05, 3.63) is 42.0 Å². The third kappa shape index (κ3) is 4.93. The van der Waals surface area contributed by atoms with Crippen LogP contribution in [0.2, 0.25) is 0 Å². The highest BCUT2D eigenvalue weighted by Crippen LogP contribution is 2.17. The topological polar surface area (TPSA) is 92.7 Å². The van der Waals surface area contributed by atoms with Gasteiger partial charge in [-0.2, -0.15) is 0 Å². The number of hydrogen-bond donors (Lipinski definition) is 2. The van der Waals surface area contributed by atoms with Crippen LogP contribution in [0.4, 0.5) is 5.69 Å². The molecule has 0 atom stereocenters. The van der Waals surface area contributed by atoms with Crippen molar-refractivity contribution in [1.82, 2.24) is 0 Å². The first-order valence-electron chi connectivity index (χ1n) is 5.92. The number of esters is 1. The van der Waals surface area contributed by atoms with Gasteiger partial charge in [0.05, 0.1) is 17.4 Å². The summed E-state index contributed by atoms with van der Waals surface area (Å²) in [4.78, 5) is 33.7. The molecule has 1 rings (SSSR count). The number of nitrogens with one attached hydrogen (secondary N) is 1. The van der Waals surface area contributed by atoms with Crippen LogP contribution in [0.1, 0.15) is 24.2 Å². The van der Waals surface area contributed by atoms with E-state index in [1.54, 1.807) is 26.0 Å². The molecule has 0 saturated heterocycles. The van der Waals surface area contributed by atoms with Gasteiger partial charge in [0.15, 0.2) is 0 Å². The molecule has 0 spiro atoms. The lowest BCUT2D eigenvalue weighted by atomic mass is 10.1. The number of amides is 1. The van der Waals surface area contributed by atoms with E-state index in [0.29, 0.717) is 6.08 Å². The molecule has 0 aromatic heterocycles. The highest BCUT2D eigenvalue weighted by molar-refractivity contribution is 6.06. The lowest BCUT2D eigenvalue weighted by Crippen LogP contribution is -2.16. The van der Waals surface area contributed by atoms with Crippen molar-refractivity contribution >= 4 is 23.5 Å². The van der Waals surface area contributed by atoms with E-state index in [9.17, 15) is 14.4 Å². The molecule has 0 heterocycles. The molecule has 0 radical (unpaired) electrons. The van der Waals surface area contributed by atoms with Crippen molar-refractivity contribution in [2.24, 2.45) is 0 Å². The first kappa shape index (κ1) is 15.4. The summed E-state index contributed by atoms with van der Waals surface area (Å²) in [5.41, 5.74) is 0.469. The first-order chi connectivity index (χ1) is 9.40. The average molecular weight is 277 g/mol. The summed E-state index contributed by atoms with van der Waals surface area (Å²) < 4.78 is 5.05. The summed E-state index contributed by atoms with van der Waals surface area (Å²) in [6.07, 6.45) is 1.30. The molecule has 1 amide bonds.